The summed E-state index contributed by atoms with van der Waals surface area (Å²) in [6.45, 7) is 5.24. The summed E-state index contributed by atoms with van der Waals surface area (Å²) in [5.74, 6) is 1.43. The molecule has 2 aromatic rings. The Bertz CT molecular complexity index is 1040. The van der Waals surface area contributed by atoms with Crippen molar-refractivity contribution in [2.75, 3.05) is 44.6 Å². The molecule has 4 heterocycles. The van der Waals surface area contributed by atoms with Crippen molar-refractivity contribution in [1.29, 1.82) is 0 Å². The number of hydrogen-bond acceptors (Lipinski definition) is 7. The fourth-order valence-electron chi connectivity index (χ4n) is 3.87. The monoisotopic (exact) mass is 392 g/mol. The lowest BCUT2D eigenvalue weighted by atomic mass is 10.1. The van der Waals surface area contributed by atoms with Crippen LogP contribution in [0.4, 0.5) is 11.5 Å². The number of fused-ring (bicyclic) bond motifs is 2. The SMILES string of the molecule is OC1=CC2=NCCOC2=C/C1=N\c1c(NCCN2CCCC2)nn2ccccc12. The predicted molar refractivity (Wildman–Crippen MR) is 113 cm³/mol. The van der Waals surface area contributed by atoms with Gasteiger partial charge >= 0.3 is 0 Å². The highest BCUT2D eigenvalue weighted by Gasteiger charge is 2.22. The highest BCUT2D eigenvalue weighted by Crippen LogP contribution is 2.31. The molecule has 29 heavy (non-hydrogen) atoms. The molecule has 0 radical (unpaired) electrons. The third-order valence-electron chi connectivity index (χ3n) is 5.35. The van der Waals surface area contributed by atoms with Crippen molar-refractivity contribution < 1.29 is 9.84 Å². The molecule has 0 saturated carbocycles. The number of aliphatic hydroxyl groups excluding tert-OH is 1. The lowest BCUT2D eigenvalue weighted by molar-refractivity contribution is 0.232. The maximum absolute atomic E-state index is 10.5. The van der Waals surface area contributed by atoms with Crippen molar-refractivity contribution in [3.05, 3.63) is 48.1 Å². The third kappa shape index (κ3) is 3.63. The van der Waals surface area contributed by atoms with Gasteiger partial charge in [0.2, 0.25) is 0 Å². The molecule has 0 aromatic carbocycles. The molecule has 0 unspecified atom stereocenters. The van der Waals surface area contributed by atoms with Crippen molar-refractivity contribution in [2.45, 2.75) is 12.8 Å². The fraction of sp³-hybridized carbons (Fsp3) is 0.381. The molecular weight excluding hydrogens is 368 g/mol. The maximum atomic E-state index is 10.5. The number of pyridine rings is 1. The van der Waals surface area contributed by atoms with Crippen LogP contribution in [0.1, 0.15) is 12.8 Å². The van der Waals surface area contributed by atoms with Crippen LogP contribution in [0.5, 0.6) is 0 Å². The minimum atomic E-state index is 0.0799. The number of rotatable bonds is 5. The van der Waals surface area contributed by atoms with Gasteiger partial charge in [-0.1, -0.05) is 6.07 Å². The van der Waals surface area contributed by atoms with Gasteiger partial charge in [-0.05, 0) is 38.1 Å². The van der Waals surface area contributed by atoms with Crippen LogP contribution in [-0.2, 0) is 4.74 Å². The van der Waals surface area contributed by atoms with Gasteiger partial charge in [0.1, 0.15) is 35.2 Å². The molecule has 0 bridgehead atoms. The molecule has 8 nitrogen and oxygen atoms in total. The molecule has 1 fully saturated rings. The Morgan fingerprint density at radius 2 is 2.10 bits per heavy atom. The number of nitrogens with one attached hydrogen (secondary N) is 1. The Balaban J connectivity index is 1.46. The lowest BCUT2D eigenvalue weighted by Gasteiger charge is -2.19. The summed E-state index contributed by atoms with van der Waals surface area (Å²) in [4.78, 5) is 11.6. The predicted octanol–water partition coefficient (Wildman–Crippen LogP) is 2.73. The van der Waals surface area contributed by atoms with Gasteiger partial charge in [0, 0.05) is 31.4 Å². The minimum Gasteiger partial charge on any atom is -0.506 e. The quantitative estimate of drug-likeness (QED) is 0.764. The zero-order chi connectivity index (χ0) is 19.6. The number of aromatic nitrogens is 2. The topological polar surface area (TPSA) is 86.8 Å². The average molecular weight is 392 g/mol. The highest BCUT2D eigenvalue weighted by atomic mass is 16.5. The van der Waals surface area contributed by atoms with Crippen LogP contribution in [0, 0.1) is 0 Å². The Morgan fingerprint density at radius 3 is 3.00 bits per heavy atom. The van der Waals surface area contributed by atoms with Gasteiger partial charge in [-0.2, -0.15) is 0 Å². The first-order chi connectivity index (χ1) is 14.3. The number of ether oxygens (including phenoxy) is 1. The van der Waals surface area contributed by atoms with E-state index in [0.29, 0.717) is 41.8 Å². The molecule has 150 valence electrons. The van der Waals surface area contributed by atoms with Gasteiger partial charge in [-0.3, -0.25) is 4.99 Å². The number of aliphatic hydroxyl groups is 1. The number of likely N-dealkylation sites (tertiary alicyclic amines) is 1. The smallest absolute Gasteiger partial charge is 0.175 e. The molecule has 5 rings (SSSR count). The fourth-order valence-corrected chi connectivity index (χ4v) is 3.87. The van der Waals surface area contributed by atoms with E-state index < -0.39 is 0 Å². The average Bonchev–Trinajstić information content (AvgIpc) is 3.37. The molecule has 0 atom stereocenters. The first-order valence-corrected chi connectivity index (χ1v) is 10.1. The molecule has 2 aliphatic heterocycles. The molecule has 2 N–H and O–H groups in total. The molecule has 2 aromatic heterocycles. The lowest BCUT2D eigenvalue weighted by Crippen LogP contribution is -2.26. The number of aliphatic imine (C=N–C) groups is 2. The molecule has 3 aliphatic rings. The zero-order valence-corrected chi connectivity index (χ0v) is 16.2. The van der Waals surface area contributed by atoms with E-state index in [0.717, 1.165) is 31.7 Å². The van der Waals surface area contributed by atoms with Crippen LogP contribution in [0.15, 0.2) is 58.1 Å². The van der Waals surface area contributed by atoms with Crippen LogP contribution in [0.3, 0.4) is 0 Å². The normalized spacial score (nSPS) is 20.8. The molecule has 1 saturated heterocycles. The number of hydrogen-bond donors (Lipinski definition) is 2. The molecular formula is C21H24N6O2. The molecule has 8 heteroatoms. The van der Waals surface area contributed by atoms with Crippen LogP contribution in [0.2, 0.25) is 0 Å². The van der Waals surface area contributed by atoms with Gasteiger partial charge in [0.05, 0.1) is 12.1 Å². The van der Waals surface area contributed by atoms with Crippen molar-refractivity contribution in [2.24, 2.45) is 9.98 Å². The second-order valence-electron chi connectivity index (χ2n) is 7.35. The first-order valence-electron chi connectivity index (χ1n) is 10.1. The minimum absolute atomic E-state index is 0.0799. The second-order valence-corrected chi connectivity index (χ2v) is 7.35. The maximum Gasteiger partial charge on any atom is 0.175 e. The van der Waals surface area contributed by atoms with E-state index in [1.807, 2.05) is 24.4 Å². The second kappa shape index (κ2) is 7.71. The summed E-state index contributed by atoms with van der Waals surface area (Å²) in [6.07, 6.45) is 7.81. The first kappa shape index (κ1) is 17.9. The molecule has 0 amide bonds. The van der Waals surface area contributed by atoms with Gasteiger partial charge in [0.25, 0.3) is 0 Å². The van der Waals surface area contributed by atoms with Crippen molar-refractivity contribution in [1.82, 2.24) is 14.5 Å². The van der Waals surface area contributed by atoms with Gasteiger partial charge in [0.15, 0.2) is 5.82 Å². The van der Waals surface area contributed by atoms with Crippen molar-refractivity contribution in [3.63, 3.8) is 0 Å². The highest BCUT2D eigenvalue weighted by molar-refractivity contribution is 6.22. The van der Waals surface area contributed by atoms with E-state index in [1.165, 1.54) is 12.8 Å². The van der Waals surface area contributed by atoms with Crippen LogP contribution < -0.4 is 5.32 Å². The van der Waals surface area contributed by atoms with E-state index >= 15 is 0 Å². The Hall–Kier alpha value is -3.13. The number of allylic oxidation sites excluding steroid dienone is 2. The van der Waals surface area contributed by atoms with E-state index in [2.05, 4.69) is 20.3 Å². The number of nitrogens with zero attached hydrogens (tertiary/aromatic N) is 5. The van der Waals surface area contributed by atoms with Crippen LogP contribution in [0.25, 0.3) is 5.52 Å². The van der Waals surface area contributed by atoms with E-state index in [-0.39, 0.29) is 5.76 Å². The zero-order valence-electron chi connectivity index (χ0n) is 16.2. The summed E-state index contributed by atoms with van der Waals surface area (Å²) in [5, 5.41) is 18.6. The summed E-state index contributed by atoms with van der Waals surface area (Å²) < 4.78 is 7.47. The van der Waals surface area contributed by atoms with Crippen LogP contribution >= 0.6 is 0 Å². The van der Waals surface area contributed by atoms with E-state index in [1.54, 1.807) is 16.7 Å². The summed E-state index contributed by atoms with van der Waals surface area (Å²) in [6, 6.07) is 5.86. The van der Waals surface area contributed by atoms with E-state index in [4.69, 9.17) is 9.73 Å². The Morgan fingerprint density at radius 1 is 1.21 bits per heavy atom. The van der Waals surface area contributed by atoms with Crippen molar-refractivity contribution >= 4 is 28.4 Å². The van der Waals surface area contributed by atoms with Gasteiger partial charge in [-0.25, -0.2) is 9.51 Å². The molecule has 0 spiro atoms. The third-order valence-corrected chi connectivity index (χ3v) is 5.35. The van der Waals surface area contributed by atoms with Gasteiger partial charge < -0.3 is 20.1 Å². The standard InChI is InChI=1S/C21H24N6O2/c28-18-13-16-19(29-12-7-22-16)14-15(18)24-20-17-5-1-2-10-27(17)25-21(20)23-6-11-26-8-3-4-9-26/h1-2,5,10,13-14,28H,3-4,6-9,11-12H2,(H,23,25)/b24-15+. The Kier molecular flexibility index (Phi) is 4.77. The summed E-state index contributed by atoms with van der Waals surface area (Å²) in [7, 11) is 0. The van der Waals surface area contributed by atoms with Crippen molar-refractivity contribution in [3.8, 4) is 0 Å². The molecule has 1 aliphatic carbocycles. The van der Waals surface area contributed by atoms with E-state index in [9.17, 15) is 5.11 Å². The number of anilines is 1. The van der Waals surface area contributed by atoms with Crippen LogP contribution in [-0.4, -0.2) is 70.4 Å². The Labute approximate surface area is 168 Å². The van der Waals surface area contributed by atoms with Gasteiger partial charge in [-0.15, -0.1) is 5.10 Å². The largest absolute Gasteiger partial charge is 0.506 e. The summed E-state index contributed by atoms with van der Waals surface area (Å²) >= 11 is 0. The summed E-state index contributed by atoms with van der Waals surface area (Å²) in [5.41, 5.74) is 2.69.